The molecule has 1 aromatic heterocycles. The van der Waals surface area contributed by atoms with Crippen molar-refractivity contribution in [2.24, 2.45) is 0 Å². The normalized spacial score (nSPS) is 15.5. The number of aromatic nitrogens is 2. The molecule has 1 aliphatic rings. The van der Waals surface area contributed by atoms with E-state index >= 15 is 0 Å². The number of hydrogen-bond acceptors (Lipinski definition) is 5. The number of thioether (sulfide) groups is 1. The Hall–Kier alpha value is -1.30. The van der Waals surface area contributed by atoms with Gasteiger partial charge in [0.1, 0.15) is 17.2 Å². The second kappa shape index (κ2) is 6.58. The maximum absolute atomic E-state index is 11.9. The Labute approximate surface area is 111 Å². The first kappa shape index (κ1) is 13.1. The number of rotatable bonds is 4. The molecule has 1 N–H and O–H groups in total. The van der Waals surface area contributed by atoms with Crippen LogP contribution < -0.4 is 5.32 Å². The fourth-order valence-electron chi connectivity index (χ4n) is 1.97. The second-order valence-electron chi connectivity index (χ2n) is 4.24. The zero-order valence-corrected chi connectivity index (χ0v) is 11.4. The van der Waals surface area contributed by atoms with E-state index in [-0.39, 0.29) is 5.91 Å². The summed E-state index contributed by atoms with van der Waals surface area (Å²) in [5.74, 6) is 0.860. The number of nitrogens with one attached hydrogen (secondary N) is 1. The lowest BCUT2D eigenvalue weighted by Crippen LogP contribution is -2.39. The molecule has 0 saturated carbocycles. The van der Waals surface area contributed by atoms with Crippen LogP contribution in [-0.4, -0.2) is 46.7 Å². The number of carbonyl (C=O) groups excluding carboxylic acids is 1. The highest BCUT2D eigenvalue weighted by Gasteiger charge is 2.15. The Morgan fingerprint density at radius 1 is 1.39 bits per heavy atom. The van der Waals surface area contributed by atoms with E-state index in [2.05, 4.69) is 15.3 Å². The van der Waals surface area contributed by atoms with Gasteiger partial charge in [0.25, 0.3) is 0 Å². The number of hydrogen-bond donors (Lipinski definition) is 1. The highest BCUT2D eigenvalue weighted by Crippen LogP contribution is 2.14. The minimum atomic E-state index is 0.152. The maximum Gasteiger partial charge on any atom is 0.241 e. The van der Waals surface area contributed by atoms with Crippen molar-refractivity contribution >= 4 is 23.5 Å². The van der Waals surface area contributed by atoms with Crippen molar-refractivity contribution in [3.8, 4) is 0 Å². The summed E-state index contributed by atoms with van der Waals surface area (Å²) < 4.78 is 0. The van der Waals surface area contributed by atoms with Crippen LogP contribution >= 0.6 is 11.8 Å². The van der Waals surface area contributed by atoms with Gasteiger partial charge < -0.3 is 10.2 Å². The molecule has 2 heterocycles. The fourth-order valence-corrected chi connectivity index (χ4v) is 2.35. The molecule has 18 heavy (non-hydrogen) atoms. The topological polar surface area (TPSA) is 58.1 Å². The summed E-state index contributed by atoms with van der Waals surface area (Å²) in [4.78, 5) is 22.1. The van der Waals surface area contributed by atoms with Crippen LogP contribution in [0.1, 0.15) is 19.3 Å². The van der Waals surface area contributed by atoms with Crippen LogP contribution in [0.2, 0.25) is 0 Å². The van der Waals surface area contributed by atoms with Gasteiger partial charge >= 0.3 is 0 Å². The molecule has 6 heteroatoms. The van der Waals surface area contributed by atoms with E-state index in [1.165, 1.54) is 12.7 Å². The predicted molar refractivity (Wildman–Crippen MR) is 72.7 cm³/mol. The SMILES string of the molecule is CSc1cc(NCC(=O)N2CCCCC2)ncn1. The molecule has 1 aromatic rings. The number of amides is 1. The van der Waals surface area contributed by atoms with Crippen LogP contribution in [-0.2, 0) is 4.79 Å². The summed E-state index contributed by atoms with van der Waals surface area (Å²) in [6.45, 7) is 2.09. The minimum Gasteiger partial charge on any atom is -0.361 e. The number of anilines is 1. The van der Waals surface area contributed by atoms with Gasteiger partial charge in [0.15, 0.2) is 0 Å². The molecule has 0 aromatic carbocycles. The van der Waals surface area contributed by atoms with Gasteiger partial charge in [0, 0.05) is 19.2 Å². The van der Waals surface area contributed by atoms with E-state index in [9.17, 15) is 4.79 Å². The van der Waals surface area contributed by atoms with Crippen LogP contribution in [0.4, 0.5) is 5.82 Å². The van der Waals surface area contributed by atoms with Crippen molar-refractivity contribution in [1.29, 1.82) is 0 Å². The van der Waals surface area contributed by atoms with E-state index in [0.717, 1.165) is 31.0 Å². The number of carbonyl (C=O) groups is 1. The third kappa shape index (κ3) is 3.60. The van der Waals surface area contributed by atoms with E-state index < -0.39 is 0 Å². The average molecular weight is 266 g/mol. The first-order valence-corrected chi connectivity index (χ1v) is 7.40. The van der Waals surface area contributed by atoms with Gasteiger partial charge in [-0.05, 0) is 25.5 Å². The van der Waals surface area contributed by atoms with Crippen molar-refractivity contribution in [1.82, 2.24) is 14.9 Å². The minimum absolute atomic E-state index is 0.152. The van der Waals surface area contributed by atoms with Crippen LogP contribution in [0.15, 0.2) is 17.4 Å². The molecule has 5 nitrogen and oxygen atoms in total. The van der Waals surface area contributed by atoms with Gasteiger partial charge in [-0.1, -0.05) is 0 Å². The third-order valence-electron chi connectivity index (χ3n) is 2.98. The van der Waals surface area contributed by atoms with Crippen molar-refractivity contribution in [3.05, 3.63) is 12.4 Å². The molecule has 98 valence electrons. The van der Waals surface area contributed by atoms with Gasteiger partial charge in [0.2, 0.25) is 5.91 Å². The van der Waals surface area contributed by atoms with Gasteiger partial charge in [-0.25, -0.2) is 9.97 Å². The summed E-state index contributed by atoms with van der Waals surface area (Å²) in [6.07, 6.45) is 6.95. The average Bonchev–Trinajstić information content (AvgIpc) is 2.46. The molecule has 0 radical (unpaired) electrons. The largest absolute Gasteiger partial charge is 0.361 e. The quantitative estimate of drug-likeness (QED) is 0.663. The molecule has 1 amide bonds. The molecule has 0 bridgehead atoms. The van der Waals surface area contributed by atoms with Crippen molar-refractivity contribution in [2.75, 3.05) is 31.2 Å². The first-order chi connectivity index (χ1) is 8.79. The van der Waals surface area contributed by atoms with Gasteiger partial charge in [-0.15, -0.1) is 11.8 Å². The molecule has 0 spiro atoms. The van der Waals surface area contributed by atoms with Crippen LogP contribution in [0.5, 0.6) is 0 Å². The monoisotopic (exact) mass is 266 g/mol. The lowest BCUT2D eigenvalue weighted by Gasteiger charge is -2.26. The zero-order chi connectivity index (χ0) is 12.8. The first-order valence-electron chi connectivity index (χ1n) is 6.17. The van der Waals surface area contributed by atoms with Gasteiger partial charge in [-0.3, -0.25) is 4.79 Å². The molecule has 1 aliphatic heterocycles. The Morgan fingerprint density at radius 3 is 2.89 bits per heavy atom. The molecule has 0 unspecified atom stereocenters. The van der Waals surface area contributed by atoms with E-state index in [1.54, 1.807) is 11.8 Å². The Balaban J connectivity index is 1.84. The summed E-state index contributed by atoms with van der Waals surface area (Å²) in [5.41, 5.74) is 0. The highest BCUT2D eigenvalue weighted by molar-refractivity contribution is 7.98. The summed E-state index contributed by atoms with van der Waals surface area (Å²) in [6, 6.07) is 1.86. The van der Waals surface area contributed by atoms with Crippen LogP contribution in [0, 0.1) is 0 Å². The molecule has 2 rings (SSSR count). The number of piperidine rings is 1. The smallest absolute Gasteiger partial charge is 0.241 e. The van der Waals surface area contributed by atoms with Crippen LogP contribution in [0.3, 0.4) is 0 Å². The Bertz CT molecular complexity index is 407. The summed E-state index contributed by atoms with van der Waals surface area (Å²) in [7, 11) is 0. The number of nitrogens with zero attached hydrogens (tertiary/aromatic N) is 3. The van der Waals surface area contributed by atoms with E-state index in [0.29, 0.717) is 12.4 Å². The zero-order valence-electron chi connectivity index (χ0n) is 10.6. The molecular formula is C12H18N4OS. The van der Waals surface area contributed by atoms with Crippen molar-refractivity contribution in [3.63, 3.8) is 0 Å². The van der Waals surface area contributed by atoms with E-state index in [4.69, 9.17) is 0 Å². The highest BCUT2D eigenvalue weighted by atomic mass is 32.2. The lowest BCUT2D eigenvalue weighted by molar-refractivity contribution is -0.130. The molecule has 1 saturated heterocycles. The lowest BCUT2D eigenvalue weighted by atomic mass is 10.1. The number of likely N-dealkylation sites (tertiary alicyclic amines) is 1. The van der Waals surface area contributed by atoms with Crippen molar-refractivity contribution < 1.29 is 4.79 Å². The summed E-state index contributed by atoms with van der Waals surface area (Å²) >= 11 is 1.56. The van der Waals surface area contributed by atoms with Crippen molar-refractivity contribution in [2.45, 2.75) is 24.3 Å². The van der Waals surface area contributed by atoms with Crippen LogP contribution in [0.25, 0.3) is 0 Å². The second-order valence-corrected chi connectivity index (χ2v) is 5.07. The van der Waals surface area contributed by atoms with Gasteiger partial charge in [0.05, 0.1) is 6.54 Å². The molecular weight excluding hydrogens is 248 g/mol. The van der Waals surface area contributed by atoms with Gasteiger partial charge in [-0.2, -0.15) is 0 Å². The Kier molecular flexibility index (Phi) is 4.81. The predicted octanol–water partition coefficient (Wildman–Crippen LogP) is 1.62. The molecule has 1 fully saturated rings. The Morgan fingerprint density at radius 2 is 2.17 bits per heavy atom. The molecule has 0 atom stereocenters. The van der Waals surface area contributed by atoms with E-state index in [1.807, 2.05) is 17.2 Å². The standard InChI is InChI=1S/C12H18N4OS/c1-18-11-7-10(14-9-15-11)13-8-12(17)16-5-3-2-4-6-16/h7,9H,2-6,8H2,1H3,(H,13,14,15). The third-order valence-corrected chi connectivity index (χ3v) is 3.62. The fraction of sp³-hybridized carbons (Fsp3) is 0.583. The summed E-state index contributed by atoms with van der Waals surface area (Å²) in [5, 5.41) is 3.96. The maximum atomic E-state index is 11.9. The molecule has 0 aliphatic carbocycles.